The van der Waals surface area contributed by atoms with Crippen LogP contribution in [0.25, 0.3) is 6.08 Å². The highest BCUT2D eigenvalue weighted by Crippen LogP contribution is 2.68. The summed E-state index contributed by atoms with van der Waals surface area (Å²) in [4.78, 5) is 11.3. The molecule has 0 heterocycles. The normalized spacial score (nSPS) is 34.3. The predicted molar refractivity (Wildman–Crippen MR) is 107 cm³/mol. The number of rotatable bonds is 2. The van der Waals surface area contributed by atoms with Crippen molar-refractivity contribution in [3.8, 4) is 17.2 Å². The molecule has 2 fully saturated rings. The molecule has 0 unspecified atom stereocenters. The van der Waals surface area contributed by atoms with E-state index in [1.165, 1.54) is 24.5 Å². The van der Waals surface area contributed by atoms with Crippen LogP contribution in [-0.4, -0.2) is 21.6 Å². The minimum atomic E-state index is -0.573. The highest BCUT2D eigenvalue weighted by molar-refractivity contribution is 5.88. The summed E-state index contributed by atoms with van der Waals surface area (Å²) in [5.41, 5.74) is 1.73. The lowest BCUT2D eigenvalue weighted by Crippen LogP contribution is -2.55. The zero-order valence-electron chi connectivity index (χ0n) is 17.1. The third kappa shape index (κ3) is 2.67. The van der Waals surface area contributed by atoms with Gasteiger partial charge in [0.1, 0.15) is 11.3 Å². The summed E-state index contributed by atoms with van der Waals surface area (Å²) in [7, 11) is 0. The highest BCUT2D eigenvalue weighted by atomic mass is 16.3. The van der Waals surface area contributed by atoms with Crippen LogP contribution in [-0.2, 0) is 0 Å². The van der Waals surface area contributed by atoms with Gasteiger partial charge in [0, 0.05) is 5.56 Å². The largest absolute Gasteiger partial charge is 0.506 e. The quantitative estimate of drug-likeness (QED) is 0.356. The monoisotopic (exact) mass is 372 g/mol. The van der Waals surface area contributed by atoms with Gasteiger partial charge in [0.2, 0.25) is 0 Å². The van der Waals surface area contributed by atoms with Crippen molar-refractivity contribution >= 4 is 12.4 Å². The van der Waals surface area contributed by atoms with E-state index in [1.807, 2.05) is 6.08 Å². The molecule has 0 amide bonds. The average Bonchev–Trinajstić information content (AvgIpc) is 2.59. The number of aldehydes is 1. The maximum atomic E-state index is 11.3. The molecule has 0 radical (unpaired) electrons. The number of benzene rings is 1. The van der Waals surface area contributed by atoms with Crippen LogP contribution in [0.1, 0.15) is 82.6 Å². The van der Waals surface area contributed by atoms with Crippen LogP contribution in [0.2, 0.25) is 0 Å². The molecule has 0 bridgehead atoms. The third-order valence-electron chi connectivity index (χ3n) is 8.18. The number of phenols is 3. The molecular weight excluding hydrogens is 340 g/mol. The number of carbonyl (C=O) groups is 1. The minimum Gasteiger partial charge on any atom is -0.506 e. The Morgan fingerprint density at radius 2 is 1.70 bits per heavy atom. The van der Waals surface area contributed by atoms with Gasteiger partial charge in [-0.25, -0.2) is 0 Å². The van der Waals surface area contributed by atoms with Crippen molar-refractivity contribution in [1.29, 1.82) is 0 Å². The van der Waals surface area contributed by atoms with Gasteiger partial charge in [-0.15, -0.1) is 0 Å². The van der Waals surface area contributed by atoms with Crippen LogP contribution in [0.15, 0.2) is 11.6 Å². The molecule has 3 atom stereocenters. The number of phenolic OH excluding ortho intramolecular Hbond substituents is 3. The molecule has 0 aromatic heterocycles. The van der Waals surface area contributed by atoms with Gasteiger partial charge < -0.3 is 15.3 Å². The molecule has 2 saturated carbocycles. The van der Waals surface area contributed by atoms with Crippen LogP contribution in [0, 0.1) is 22.2 Å². The van der Waals surface area contributed by atoms with Crippen molar-refractivity contribution in [3.63, 3.8) is 0 Å². The van der Waals surface area contributed by atoms with Crippen molar-refractivity contribution in [2.45, 2.75) is 66.7 Å². The van der Waals surface area contributed by atoms with E-state index in [0.29, 0.717) is 17.8 Å². The molecule has 1 aromatic carbocycles. The molecule has 148 valence electrons. The summed E-state index contributed by atoms with van der Waals surface area (Å²) in [6.45, 7) is 11.7. The van der Waals surface area contributed by atoms with Gasteiger partial charge in [0.15, 0.2) is 17.8 Å². The topological polar surface area (TPSA) is 77.8 Å². The number of aromatic hydroxyl groups is 3. The lowest BCUT2D eigenvalue weighted by Gasteiger charge is -2.64. The first-order valence-electron chi connectivity index (χ1n) is 9.93. The maximum absolute atomic E-state index is 11.3. The van der Waals surface area contributed by atoms with Crippen molar-refractivity contribution in [2.75, 3.05) is 0 Å². The second-order valence-electron chi connectivity index (χ2n) is 9.65. The van der Waals surface area contributed by atoms with Crippen LogP contribution in [0.4, 0.5) is 0 Å². The number of carbonyl (C=O) groups excluding carboxylic acids is 1. The van der Waals surface area contributed by atoms with Crippen LogP contribution < -0.4 is 0 Å². The van der Waals surface area contributed by atoms with Crippen LogP contribution >= 0.6 is 0 Å². The summed E-state index contributed by atoms with van der Waals surface area (Å²) >= 11 is 0. The minimum absolute atomic E-state index is 0.0201. The first kappa shape index (κ1) is 19.8. The lowest BCUT2D eigenvalue weighted by atomic mass is 9.40. The molecule has 0 saturated heterocycles. The molecule has 2 aliphatic rings. The van der Waals surface area contributed by atoms with E-state index in [-0.39, 0.29) is 33.3 Å². The Morgan fingerprint density at radius 1 is 1.04 bits per heavy atom. The highest BCUT2D eigenvalue weighted by Gasteiger charge is 2.59. The van der Waals surface area contributed by atoms with E-state index in [2.05, 4.69) is 34.6 Å². The predicted octanol–water partition coefficient (Wildman–Crippen LogP) is 5.65. The van der Waals surface area contributed by atoms with E-state index in [4.69, 9.17) is 0 Å². The average molecular weight is 373 g/mol. The fraction of sp³-hybridized carbons (Fsp3) is 0.609. The molecular formula is C23H32O4. The van der Waals surface area contributed by atoms with E-state index < -0.39 is 5.75 Å². The van der Waals surface area contributed by atoms with Gasteiger partial charge in [-0.05, 0) is 53.9 Å². The zero-order chi connectivity index (χ0) is 20.2. The molecule has 27 heavy (non-hydrogen) atoms. The van der Waals surface area contributed by atoms with Crippen LogP contribution in [0.5, 0.6) is 17.2 Å². The number of fused-ring (bicyclic) bond motifs is 1. The summed E-state index contributed by atoms with van der Waals surface area (Å²) in [6.07, 6.45) is 8.04. The molecule has 3 rings (SSSR count). The van der Waals surface area contributed by atoms with Gasteiger partial charge >= 0.3 is 0 Å². The summed E-state index contributed by atoms with van der Waals surface area (Å²) in [5, 5.41) is 30.4. The van der Waals surface area contributed by atoms with E-state index in [1.54, 1.807) is 0 Å². The molecule has 3 N–H and O–H groups in total. The van der Waals surface area contributed by atoms with E-state index in [9.17, 15) is 20.1 Å². The van der Waals surface area contributed by atoms with E-state index >= 15 is 0 Å². The van der Waals surface area contributed by atoms with Crippen molar-refractivity contribution in [1.82, 2.24) is 0 Å². The number of allylic oxidation sites excluding steroid dienone is 1. The van der Waals surface area contributed by atoms with Gasteiger partial charge in [-0.2, -0.15) is 0 Å². The van der Waals surface area contributed by atoms with Crippen LogP contribution in [0.3, 0.4) is 0 Å². The SMILES string of the molecule is C[C@@H]1CC[C@@]2(C)C(C)(C)CCC[C@]2(C)/C1=C/c1cc(O)c(O)c(C=O)c1O. The fourth-order valence-electron chi connectivity index (χ4n) is 5.84. The Bertz CT molecular complexity index is 807. The van der Waals surface area contributed by atoms with Crippen molar-refractivity contribution in [2.24, 2.45) is 22.2 Å². The lowest BCUT2D eigenvalue weighted by molar-refractivity contribution is -0.0968. The Morgan fingerprint density at radius 3 is 2.33 bits per heavy atom. The summed E-state index contributed by atoms with van der Waals surface area (Å²) in [6, 6.07) is 1.35. The van der Waals surface area contributed by atoms with E-state index in [0.717, 1.165) is 19.3 Å². The second kappa shape index (κ2) is 6.29. The van der Waals surface area contributed by atoms with Gasteiger partial charge in [0.25, 0.3) is 0 Å². The molecule has 4 heteroatoms. The first-order valence-corrected chi connectivity index (χ1v) is 9.93. The standard InChI is InChI=1S/C23H32O4/c1-14-7-10-23(5)21(2,3)8-6-9-22(23,4)17(14)11-15-12-18(25)20(27)16(13-24)19(15)26/h11-14,25-27H,6-10H2,1-5H3/b17-11+/t14-,22-,23+/m1/s1. The maximum Gasteiger partial charge on any atom is 0.171 e. The second-order valence-corrected chi connectivity index (χ2v) is 9.65. The Labute approximate surface area is 161 Å². The van der Waals surface area contributed by atoms with Gasteiger partial charge in [0.05, 0.1) is 0 Å². The number of hydrogen-bond acceptors (Lipinski definition) is 4. The number of hydrogen-bond donors (Lipinski definition) is 3. The fourth-order valence-corrected chi connectivity index (χ4v) is 5.84. The molecule has 0 aliphatic heterocycles. The Hall–Kier alpha value is -1.97. The third-order valence-corrected chi connectivity index (χ3v) is 8.18. The van der Waals surface area contributed by atoms with Gasteiger partial charge in [-0.3, -0.25) is 4.79 Å². The smallest absolute Gasteiger partial charge is 0.171 e. The Balaban J connectivity index is 2.21. The molecule has 2 aliphatic carbocycles. The molecule has 4 nitrogen and oxygen atoms in total. The summed E-state index contributed by atoms with van der Waals surface area (Å²) < 4.78 is 0. The first-order chi connectivity index (χ1) is 12.5. The molecule has 0 spiro atoms. The van der Waals surface area contributed by atoms with Crippen molar-refractivity contribution < 1.29 is 20.1 Å². The Kier molecular flexibility index (Phi) is 4.61. The van der Waals surface area contributed by atoms with Crippen molar-refractivity contribution in [3.05, 3.63) is 22.8 Å². The molecule has 1 aromatic rings. The summed E-state index contributed by atoms with van der Waals surface area (Å²) in [5.74, 6) is -0.878. The van der Waals surface area contributed by atoms with Gasteiger partial charge in [-0.1, -0.05) is 52.7 Å². The zero-order valence-corrected chi connectivity index (χ0v) is 17.1.